The van der Waals surface area contributed by atoms with Gasteiger partial charge in [0.25, 0.3) is 0 Å². The monoisotopic (exact) mass is 272 g/mol. The van der Waals surface area contributed by atoms with E-state index >= 15 is 0 Å². The molecule has 0 amide bonds. The van der Waals surface area contributed by atoms with E-state index in [1.165, 1.54) is 0 Å². The number of carbonyl (C=O) groups is 1. The van der Waals surface area contributed by atoms with Gasteiger partial charge in [-0.3, -0.25) is 4.79 Å². The first kappa shape index (κ1) is 10.3. The zero-order chi connectivity index (χ0) is 10.8. The van der Waals surface area contributed by atoms with E-state index in [2.05, 4.69) is 15.9 Å². The molecule has 1 aliphatic heterocycles. The van der Waals surface area contributed by atoms with Crippen molar-refractivity contribution in [1.82, 2.24) is 0 Å². The fourth-order valence-electron chi connectivity index (χ4n) is 1.47. The normalized spacial score (nSPS) is 12.9. The molecule has 0 saturated carbocycles. The first-order valence-electron chi connectivity index (χ1n) is 4.46. The maximum absolute atomic E-state index is 10.5. The summed E-state index contributed by atoms with van der Waals surface area (Å²) in [5.74, 6) is 0.520. The van der Waals surface area contributed by atoms with E-state index in [0.717, 1.165) is 10.0 Å². The predicted octanol–water partition coefficient (Wildman–Crippen LogP) is 2.20. The van der Waals surface area contributed by atoms with Crippen LogP contribution in [0.15, 0.2) is 16.6 Å². The van der Waals surface area contributed by atoms with E-state index in [4.69, 9.17) is 14.6 Å². The topological polar surface area (TPSA) is 55.8 Å². The van der Waals surface area contributed by atoms with Gasteiger partial charge in [0.05, 0.1) is 0 Å². The average Bonchev–Trinajstić information content (AvgIpc) is 2.61. The number of rotatable bonds is 3. The molecular formula is C10H9BrO4. The second kappa shape index (κ2) is 4.10. The molecule has 2 rings (SSSR count). The smallest absolute Gasteiger partial charge is 0.303 e. The summed E-state index contributed by atoms with van der Waals surface area (Å²) >= 11 is 3.34. The molecule has 4 nitrogen and oxygen atoms in total. The number of ether oxygens (including phenoxy) is 2. The lowest BCUT2D eigenvalue weighted by atomic mass is 10.1. The van der Waals surface area contributed by atoms with Gasteiger partial charge in [-0.15, -0.1) is 0 Å². The molecule has 0 spiro atoms. The van der Waals surface area contributed by atoms with Crippen LogP contribution in [0.3, 0.4) is 0 Å². The van der Waals surface area contributed by atoms with Gasteiger partial charge in [0, 0.05) is 10.9 Å². The molecule has 0 unspecified atom stereocenters. The lowest BCUT2D eigenvalue weighted by Crippen LogP contribution is -1.99. The Kier molecular flexibility index (Phi) is 2.81. The minimum atomic E-state index is -0.817. The van der Waals surface area contributed by atoms with Crippen molar-refractivity contribution in [1.29, 1.82) is 0 Å². The highest BCUT2D eigenvalue weighted by Gasteiger charge is 2.19. The molecule has 0 aromatic heterocycles. The molecule has 15 heavy (non-hydrogen) atoms. The maximum Gasteiger partial charge on any atom is 0.303 e. The first-order chi connectivity index (χ1) is 7.16. The fourth-order valence-corrected chi connectivity index (χ4v) is 1.96. The number of hydrogen-bond acceptors (Lipinski definition) is 3. The van der Waals surface area contributed by atoms with Crippen molar-refractivity contribution in [3.63, 3.8) is 0 Å². The Morgan fingerprint density at radius 2 is 2.27 bits per heavy atom. The van der Waals surface area contributed by atoms with Crippen LogP contribution in [0.2, 0.25) is 0 Å². The summed E-state index contributed by atoms with van der Waals surface area (Å²) in [5, 5.41) is 8.61. The highest BCUT2D eigenvalue weighted by atomic mass is 79.9. The Balaban J connectivity index is 2.26. The zero-order valence-electron chi connectivity index (χ0n) is 7.83. The zero-order valence-corrected chi connectivity index (χ0v) is 9.41. The summed E-state index contributed by atoms with van der Waals surface area (Å²) in [7, 11) is 0. The summed E-state index contributed by atoms with van der Waals surface area (Å²) in [4.78, 5) is 10.5. The van der Waals surface area contributed by atoms with E-state index in [0.29, 0.717) is 17.9 Å². The molecular weight excluding hydrogens is 264 g/mol. The Morgan fingerprint density at radius 3 is 3.00 bits per heavy atom. The molecule has 0 fully saturated rings. The molecule has 0 bridgehead atoms. The van der Waals surface area contributed by atoms with Crippen molar-refractivity contribution in [3.8, 4) is 11.5 Å². The molecule has 80 valence electrons. The SMILES string of the molecule is O=C(O)CCc1cc(Br)cc2c1OCO2. The Bertz CT molecular complexity index is 403. The second-order valence-corrected chi connectivity index (χ2v) is 4.11. The lowest BCUT2D eigenvalue weighted by Gasteiger charge is -2.05. The summed E-state index contributed by atoms with van der Waals surface area (Å²) < 4.78 is 11.4. The first-order valence-corrected chi connectivity index (χ1v) is 5.26. The van der Waals surface area contributed by atoms with Crippen molar-refractivity contribution in [2.75, 3.05) is 6.79 Å². The van der Waals surface area contributed by atoms with Crippen molar-refractivity contribution in [2.24, 2.45) is 0 Å². The molecule has 0 aliphatic carbocycles. The van der Waals surface area contributed by atoms with E-state index in [-0.39, 0.29) is 13.2 Å². The van der Waals surface area contributed by atoms with Crippen LogP contribution < -0.4 is 9.47 Å². The number of fused-ring (bicyclic) bond motifs is 1. The van der Waals surface area contributed by atoms with Gasteiger partial charge >= 0.3 is 5.97 Å². The van der Waals surface area contributed by atoms with Crippen LogP contribution in [0.5, 0.6) is 11.5 Å². The molecule has 1 aromatic rings. The van der Waals surface area contributed by atoms with Gasteiger partial charge in [0.15, 0.2) is 11.5 Å². The van der Waals surface area contributed by atoms with E-state index in [9.17, 15) is 4.79 Å². The van der Waals surface area contributed by atoms with Gasteiger partial charge in [0.1, 0.15) is 0 Å². The molecule has 0 radical (unpaired) electrons. The van der Waals surface area contributed by atoms with Gasteiger partial charge in [-0.25, -0.2) is 0 Å². The minimum Gasteiger partial charge on any atom is -0.481 e. The molecule has 1 heterocycles. The third-order valence-electron chi connectivity index (χ3n) is 2.12. The highest BCUT2D eigenvalue weighted by Crippen LogP contribution is 2.38. The van der Waals surface area contributed by atoms with Gasteiger partial charge in [-0.1, -0.05) is 15.9 Å². The highest BCUT2D eigenvalue weighted by molar-refractivity contribution is 9.10. The Hall–Kier alpha value is -1.23. The summed E-state index contributed by atoms with van der Waals surface area (Å²) in [6.07, 6.45) is 0.534. The van der Waals surface area contributed by atoms with Crippen LogP contribution in [0.4, 0.5) is 0 Å². The van der Waals surface area contributed by atoms with Crippen LogP contribution in [0.1, 0.15) is 12.0 Å². The minimum absolute atomic E-state index is 0.0895. The molecule has 1 aromatic carbocycles. The molecule has 1 N–H and O–H groups in total. The summed E-state index contributed by atoms with van der Waals surface area (Å²) in [6.45, 7) is 0.200. The molecule has 0 saturated heterocycles. The van der Waals surface area contributed by atoms with Crippen molar-refractivity contribution in [2.45, 2.75) is 12.8 Å². The lowest BCUT2D eigenvalue weighted by molar-refractivity contribution is -0.136. The van der Waals surface area contributed by atoms with E-state index in [1.54, 1.807) is 0 Å². The molecule has 5 heteroatoms. The Morgan fingerprint density at radius 1 is 1.47 bits per heavy atom. The maximum atomic E-state index is 10.5. The predicted molar refractivity (Wildman–Crippen MR) is 56.2 cm³/mol. The standard InChI is InChI=1S/C10H9BrO4/c11-7-3-6(1-2-9(12)13)10-8(4-7)14-5-15-10/h3-4H,1-2,5H2,(H,12,13). The van der Waals surface area contributed by atoms with Crippen molar-refractivity contribution < 1.29 is 19.4 Å². The number of hydrogen-bond donors (Lipinski definition) is 1. The number of carboxylic acid groups (broad SMARTS) is 1. The summed E-state index contributed by atoms with van der Waals surface area (Å²) in [6, 6.07) is 3.67. The van der Waals surface area contributed by atoms with Crippen LogP contribution in [-0.4, -0.2) is 17.9 Å². The van der Waals surface area contributed by atoms with Crippen LogP contribution >= 0.6 is 15.9 Å². The van der Waals surface area contributed by atoms with Crippen molar-refractivity contribution in [3.05, 3.63) is 22.2 Å². The van der Waals surface area contributed by atoms with Gasteiger partial charge in [0.2, 0.25) is 6.79 Å². The fraction of sp³-hybridized carbons (Fsp3) is 0.300. The Labute approximate surface area is 94.9 Å². The van der Waals surface area contributed by atoms with Gasteiger partial charge in [-0.2, -0.15) is 0 Å². The third kappa shape index (κ3) is 2.23. The van der Waals surface area contributed by atoms with Crippen molar-refractivity contribution >= 4 is 21.9 Å². The largest absolute Gasteiger partial charge is 0.481 e. The van der Waals surface area contributed by atoms with Gasteiger partial charge in [-0.05, 0) is 24.1 Å². The van der Waals surface area contributed by atoms with Crippen LogP contribution in [0.25, 0.3) is 0 Å². The quantitative estimate of drug-likeness (QED) is 0.917. The average molecular weight is 273 g/mol. The summed E-state index contributed by atoms with van der Waals surface area (Å²) in [5.41, 5.74) is 0.860. The number of carboxylic acids is 1. The van der Waals surface area contributed by atoms with Crippen LogP contribution in [0, 0.1) is 0 Å². The number of benzene rings is 1. The van der Waals surface area contributed by atoms with Gasteiger partial charge < -0.3 is 14.6 Å². The molecule has 0 atom stereocenters. The number of halogens is 1. The van der Waals surface area contributed by atoms with E-state index < -0.39 is 5.97 Å². The number of aliphatic carboxylic acids is 1. The third-order valence-corrected chi connectivity index (χ3v) is 2.58. The van der Waals surface area contributed by atoms with E-state index in [1.807, 2.05) is 12.1 Å². The number of aryl methyl sites for hydroxylation is 1. The van der Waals surface area contributed by atoms with Crippen LogP contribution in [-0.2, 0) is 11.2 Å². The second-order valence-electron chi connectivity index (χ2n) is 3.19. The molecule has 1 aliphatic rings.